The third kappa shape index (κ3) is 2.12. The maximum atomic E-state index is 9.21. The molecule has 2 saturated carbocycles. The molecule has 0 radical (unpaired) electrons. The van der Waals surface area contributed by atoms with Crippen LogP contribution in [0.3, 0.4) is 0 Å². The van der Waals surface area contributed by atoms with Crippen LogP contribution < -0.4 is 5.32 Å². The maximum Gasteiger partial charge on any atom is 0.0636 e. The van der Waals surface area contributed by atoms with Crippen LogP contribution in [0.15, 0.2) is 0 Å². The highest BCUT2D eigenvalue weighted by Gasteiger charge is 2.41. The molecule has 0 aromatic carbocycles. The van der Waals surface area contributed by atoms with Crippen molar-refractivity contribution in [3.05, 3.63) is 0 Å². The second-order valence-electron chi connectivity index (χ2n) is 5.38. The summed E-state index contributed by atoms with van der Waals surface area (Å²) in [7, 11) is 0. The average Bonchev–Trinajstić information content (AvgIpc) is 2.74. The van der Waals surface area contributed by atoms with Gasteiger partial charge in [0.15, 0.2) is 0 Å². The van der Waals surface area contributed by atoms with Crippen LogP contribution in [0.4, 0.5) is 0 Å². The molecule has 2 heteroatoms. The summed E-state index contributed by atoms with van der Waals surface area (Å²) < 4.78 is 0. The van der Waals surface area contributed by atoms with Crippen LogP contribution in [0.5, 0.6) is 0 Å². The average molecular weight is 197 g/mol. The van der Waals surface area contributed by atoms with Gasteiger partial charge >= 0.3 is 0 Å². The number of aliphatic hydroxyl groups excluding tert-OH is 1. The molecule has 0 heterocycles. The number of hydrogen-bond donors (Lipinski definition) is 2. The summed E-state index contributed by atoms with van der Waals surface area (Å²) in [5.74, 6) is 2.89. The summed E-state index contributed by atoms with van der Waals surface area (Å²) in [6.45, 7) is 4.88. The lowest BCUT2D eigenvalue weighted by molar-refractivity contribution is 0.172. The molecule has 2 N–H and O–H groups in total. The summed E-state index contributed by atoms with van der Waals surface area (Å²) in [5.41, 5.74) is 0. The van der Waals surface area contributed by atoms with Crippen molar-refractivity contribution in [3.63, 3.8) is 0 Å². The SMILES string of the molecule is CC(NC[C@H](C)O)C1CC2CCC1C2. The third-order valence-electron chi connectivity index (χ3n) is 4.17. The van der Waals surface area contributed by atoms with Gasteiger partial charge in [-0.05, 0) is 50.9 Å². The summed E-state index contributed by atoms with van der Waals surface area (Å²) >= 11 is 0. The van der Waals surface area contributed by atoms with Gasteiger partial charge in [0.1, 0.15) is 0 Å². The smallest absolute Gasteiger partial charge is 0.0636 e. The van der Waals surface area contributed by atoms with E-state index in [4.69, 9.17) is 0 Å². The van der Waals surface area contributed by atoms with Gasteiger partial charge in [0, 0.05) is 12.6 Å². The van der Waals surface area contributed by atoms with Crippen molar-refractivity contribution in [2.45, 2.75) is 51.7 Å². The van der Waals surface area contributed by atoms with Crippen molar-refractivity contribution < 1.29 is 5.11 Å². The lowest BCUT2D eigenvalue weighted by Crippen LogP contribution is -2.39. The van der Waals surface area contributed by atoms with Crippen molar-refractivity contribution in [3.8, 4) is 0 Å². The second kappa shape index (κ2) is 4.19. The Balaban J connectivity index is 1.78. The summed E-state index contributed by atoms with van der Waals surface area (Å²) in [4.78, 5) is 0. The van der Waals surface area contributed by atoms with E-state index in [1.54, 1.807) is 0 Å². The fourth-order valence-corrected chi connectivity index (χ4v) is 3.41. The molecule has 2 bridgehead atoms. The van der Waals surface area contributed by atoms with Crippen molar-refractivity contribution in [2.75, 3.05) is 6.54 Å². The number of aliphatic hydroxyl groups is 1. The molecular formula is C12H23NO. The van der Waals surface area contributed by atoms with E-state index >= 15 is 0 Å². The Morgan fingerprint density at radius 2 is 2.07 bits per heavy atom. The minimum absolute atomic E-state index is 0.212. The Kier molecular flexibility index (Phi) is 3.13. The van der Waals surface area contributed by atoms with Crippen LogP contribution >= 0.6 is 0 Å². The fraction of sp³-hybridized carbons (Fsp3) is 1.00. The number of fused-ring (bicyclic) bond motifs is 2. The summed E-state index contributed by atoms with van der Waals surface area (Å²) in [6.07, 6.45) is 5.63. The van der Waals surface area contributed by atoms with Crippen LogP contribution in [0, 0.1) is 17.8 Å². The molecule has 2 aliphatic rings. The maximum absolute atomic E-state index is 9.21. The third-order valence-corrected chi connectivity index (χ3v) is 4.17. The molecule has 0 aromatic rings. The van der Waals surface area contributed by atoms with E-state index < -0.39 is 0 Å². The quantitative estimate of drug-likeness (QED) is 0.720. The molecule has 2 aliphatic carbocycles. The van der Waals surface area contributed by atoms with E-state index in [0.29, 0.717) is 6.04 Å². The van der Waals surface area contributed by atoms with Gasteiger partial charge in [-0.1, -0.05) is 6.42 Å². The predicted molar refractivity (Wildman–Crippen MR) is 58.1 cm³/mol. The molecule has 2 fully saturated rings. The normalized spacial score (nSPS) is 40.1. The van der Waals surface area contributed by atoms with E-state index in [9.17, 15) is 5.11 Å². The second-order valence-corrected chi connectivity index (χ2v) is 5.38. The molecule has 0 spiro atoms. The van der Waals surface area contributed by atoms with Gasteiger partial charge in [-0.3, -0.25) is 0 Å². The molecule has 0 saturated heterocycles. The van der Waals surface area contributed by atoms with E-state index in [2.05, 4.69) is 12.2 Å². The van der Waals surface area contributed by atoms with Crippen molar-refractivity contribution in [1.29, 1.82) is 0 Å². The van der Waals surface area contributed by atoms with Gasteiger partial charge in [-0.25, -0.2) is 0 Å². The molecule has 0 aromatic heterocycles. The monoisotopic (exact) mass is 197 g/mol. The molecule has 14 heavy (non-hydrogen) atoms. The fourth-order valence-electron chi connectivity index (χ4n) is 3.41. The van der Waals surface area contributed by atoms with E-state index in [0.717, 1.165) is 24.3 Å². The van der Waals surface area contributed by atoms with E-state index in [1.807, 2.05) is 6.92 Å². The number of rotatable bonds is 4. The van der Waals surface area contributed by atoms with Gasteiger partial charge in [0.05, 0.1) is 6.10 Å². The molecule has 4 unspecified atom stereocenters. The van der Waals surface area contributed by atoms with Crippen molar-refractivity contribution in [2.24, 2.45) is 17.8 Å². The van der Waals surface area contributed by atoms with Gasteiger partial charge < -0.3 is 10.4 Å². The molecule has 0 aliphatic heterocycles. The lowest BCUT2D eigenvalue weighted by Gasteiger charge is -2.29. The first kappa shape index (κ1) is 10.4. The van der Waals surface area contributed by atoms with Crippen LogP contribution in [-0.4, -0.2) is 23.8 Å². The zero-order chi connectivity index (χ0) is 10.1. The topological polar surface area (TPSA) is 32.3 Å². The Morgan fingerprint density at radius 3 is 2.57 bits per heavy atom. The molecule has 2 nitrogen and oxygen atoms in total. The zero-order valence-electron chi connectivity index (χ0n) is 9.37. The van der Waals surface area contributed by atoms with Crippen LogP contribution in [0.1, 0.15) is 39.5 Å². The van der Waals surface area contributed by atoms with Crippen LogP contribution in [0.2, 0.25) is 0 Å². The highest BCUT2D eigenvalue weighted by molar-refractivity contribution is 4.94. The van der Waals surface area contributed by atoms with Crippen molar-refractivity contribution >= 4 is 0 Å². The minimum atomic E-state index is -0.212. The Morgan fingerprint density at radius 1 is 1.29 bits per heavy atom. The molecular weight excluding hydrogens is 174 g/mol. The predicted octanol–water partition coefficient (Wildman–Crippen LogP) is 1.78. The largest absolute Gasteiger partial charge is 0.392 e. The molecule has 2 rings (SSSR count). The van der Waals surface area contributed by atoms with Crippen LogP contribution in [0.25, 0.3) is 0 Å². The standard InChI is InChI=1S/C12H23NO/c1-8(14)7-13-9(2)12-6-10-3-4-11(12)5-10/h8-14H,3-7H2,1-2H3/t8-,9?,10?,11?,12?/m0/s1. The highest BCUT2D eigenvalue weighted by atomic mass is 16.3. The number of hydrogen-bond acceptors (Lipinski definition) is 2. The van der Waals surface area contributed by atoms with Crippen LogP contribution in [-0.2, 0) is 0 Å². The molecule has 0 amide bonds. The molecule has 5 atom stereocenters. The van der Waals surface area contributed by atoms with E-state index in [1.165, 1.54) is 25.7 Å². The summed E-state index contributed by atoms with van der Waals surface area (Å²) in [6, 6.07) is 0.597. The number of nitrogens with one attached hydrogen (secondary N) is 1. The first-order valence-electron chi connectivity index (χ1n) is 6.08. The first-order valence-corrected chi connectivity index (χ1v) is 6.08. The highest BCUT2D eigenvalue weighted by Crippen LogP contribution is 2.49. The Labute approximate surface area is 87.1 Å². The van der Waals surface area contributed by atoms with Gasteiger partial charge in [-0.2, -0.15) is 0 Å². The Bertz CT molecular complexity index is 193. The Hall–Kier alpha value is -0.0800. The minimum Gasteiger partial charge on any atom is -0.392 e. The van der Waals surface area contributed by atoms with E-state index in [-0.39, 0.29) is 6.10 Å². The summed E-state index contributed by atoms with van der Waals surface area (Å²) in [5, 5.41) is 12.7. The first-order chi connectivity index (χ1) is 6.66. The van der Waals surface area contributed by atoms with Gasteiger partial charge in [0.25, 0.3) is 0 Å². The van der Waals surface area contributed by atoms with Gasteiger partial charge in [0.2, 0.25) is 0 Å². The molecule has 82 valence electrons. The van der Waals surface area contributed by atoms with Crippen molar-refractivity contribution in [1.82, 2.24) is 5.32 Å². The van der Waals surface area contributed by atoms with Gasteiger partial charge in [-0.15, -0.1) is 0 Å². The lowest BCUT2D eigenvalue weighted by atomic mass is 9.84. The zero-order valence-corrected chi connectivity index (χ0v) is 9.37.